The number of hydrogen-bond acceptors (Lipinski definition) is 5. The third-order valence-corrected chi connectivity index (χ3v) is 4.70. The van der Waals surface area contributed by atoms with Gasteiger partial charge in [0.15, 0.2) is 11.5 Å². The Morgan fingerprint density at radius 3 is 2.60 bits per heavy atom. The highest BCUT2D eigenvalue weighted by atomic mass is 35.5. The molecule has 2 aromatic carbocycles. The van der Waals surface area contributed by atoms with E-state index in [1.807, 2.05) is 41.1 Å². The van der Waals surface area contributed by atoms with E-state index in [2.05, 4.69) is 4.98 Å². The van der Waals surface area contributed by atoms with E-state index in [0.717, 1.165) is 5.56 Å². The van der Waals surface area contributed by atoms with Crippen molar-refractivity contribution in [2.24, 2.45) is 0 Å². The molecule has 0 unspecified atom stereocenters. The van der Waals surface area contributed by atoms with Crippen molar-refractivity contribution in [1.29, 1.82) is 0 Å². The number of halogens is 1. The van der Waals surface area contributed by atoms with Gasteiger partial charge in [-0.25, -0.2) is 9.78 Å². The van der Waals surface area contributed by atoms with E-state index in [0.29, 0.717) is 40.0 Å². The van der Waals surface area contributed by atoms with E-state index in [4.69, 9.17) is 25.8 Å². The Labute approximate surface area is 180 Å². The summed E-state index contributed by atoms with van der Waals surface area (Å²) in [6.07, 6.45) is 5.18. The number of carbonyl (C=O) groups excluding carboxylic acids is 1. The van der Waals surface area contributed by atoms with Crippen LogP contribution in [0.25, 0.3) is 11.6 Å². The van der Waals surface area contributed by atoms with Crippen LogP contribution in [0.5, 0.6) is 11.5 Å². The molecule has 3 aromatic rings. The lowest BCUT2D eigenvalue weighted by Gasteiger charge is -2.13. The molecule has 1 aromatic heterocycles. The van der Waals surface area contributed by atoms with Gasteiger partial charge in [0.25, 0.3) is 0 Å². The molecule has 7 heteroatoms. The quantitative estimate of drug-likeness (QED) is 0.385. The van der Waals surface area contributed by atoms with Gasteiger partial charge in [-0.05, 0) is 36.3 Å². The molecule has 0 spiro atoms. The Bertz CT molecular complexity index is 1040. The summed E-state index contributed by atoms with van der Waals surface area (Å²) >= 11 is 6.33. The van der Waals surface area contributed by atoms with E-state index in [1.165, 1.54) is 14.2 Å². The van der Waals surface area contributed by atoms with Crippen molar-refractivity contribution < 1.29 is 19.0 Å². The van der Waals surface area contributed by atoms with Crippen LogP contribution in [0, 0.1) is 0 Å². The summed E-state index contributed by atoms with van der Waals surface area (Å²) in [5.74, 6) is 0.929. The zero-order valence-electron chi connectivity index (χ0n) is 17.1. The van der Waals surface area contributed by atoms with Gasteiger partial charge in [0, 0.05) is 18.9 Å². The molecule has 0 saturated carbocycles. The molecule has 0 amide bonds. The van der Waals surface area contributed by atoms with Crippen molar-refractivity contribution in [2.45, 2.75) is 13.5 Å². The third-order valence-electron chi connectivity index (χ3n) is 4.41. The van der Waals surface area contributed by atoms with Gasteiger partial charge in [0.2, 0.25) is 0 Å². The first-order valence-corrected chi connectivity index (χ1v) is 9.81. The molecule has 30 heavy (non-hydrogen) atoms. The highest BCUT2D eigenvalue weighted by Crippen LogP contribution is 2.37. The molecular formula is C23H23ClN2O4. The topological polar surface area (TPSA) is 62.6 Å². The summed E-state index contributed by atoms with van der Waals surface area (Å²) in [6, 6.07) is 13.4. The second kappa shape index (κ2) is 9.98. The minimum atomic E-state index is -0.469. The number of imidazole rings is 1. The van der Waals surface area contributed by atoms with E-state index in [9.17, 15) is 4.79 Å². The summed E-state index contributed by atoms with van der Waals surface area (Å²) in [5, 5.41) is 0.374. The zero-order valence-corrected chi connectivity index (χ0v) is 17.8. The Morgan fingerprint density at radius 2 is 1.93 bits per heavy atom. The summed E-state index contributed by atoms with van der Waals surface area (Å²) in [7, 11) is 3.05. The minimum absolute atomic E-state index is 0.252. The maximum atomic E-state index is 12.8. The van der Waals surface area contributed by atoms with Crippen molar-refractivity contribution in [1.82, 2.24) is 9.55 Å². The monoisotopic (exact) mass is 426 g/mol. The largest absolute Gasteiger partial charge is 0.493 e. The van der Waals surface area contributed by atoms with Gasteiger partial charge >= 0.3 is 5.97 Å². The number of hydrogen-bond donors (Lipinski definition) is 0. The standard InChI is InChI=1S/C23H23ClN2O4/c1-4-30-23(27)18(12-17-13-19(24)21(29-3)20(14-17)28-2)22-25-10-11-26(22)15-16-8-6-5-7-9-16/h5-14H,4,15H2,1-3H3/b18-12+. The van der Waals surface area contributed by atoms with Crippen molar-refractivity contribution in [3.63, 3.8) is 0 Å². The molecule has 3 rings (SSSR count). The van der Waals surface area contributed by atoms with Gasteiger partial charge in [-0.2, -0.15) is 0 Å². The van der Waals surface area contributed by atoms with Crippen LogP contribution in [0.4, 0.5) is 0 Å². The Kier molecular flexibility index (Phi) is 7.14. The van der Waals surface area contributed by atoms with Crippen LogP contribution < -0.4 is 9.47 Å². The Morgan fingerprint density at radius 1 is 1.17 bits per heavy atom. The summed E-state index contributed by atoms with van der Waals surface area (Å²) in [5.41, 5.74) is 2.07. The van der Waals surface area contributed by atoms with Gasteiger partial charge < -0.3 is 18.8 Å². The van der Waals surface area contributed by atoms with Crippen LogP contribution in [0.15, 0.2) is 54.9 Å². The van der Waals surface area contributed by atoms with Gasteiger partial charge in [-0.3, -0.25) is 0 Å². The van der Waals surface area contributed by atoms with E-state index >= 15 is 0 Å². The fourth-order valence-corrected chi connectivity index (χ4v) is 3.37. The summed E-state index contributed by atoms with van der Waals surface area (Å²) in [4.78, 5) is 17.2. The number of ether oxygens (including phenoxy) is 3. The van der Waals surface area contributed by atoms with Crippen molar-refractivity contribution in [3.05, 3.63) is 76.8 Å². The lowest BCUT2D eigenvalue weighted by atomic mass is 10.1. The van der Waals surface area contributed by atoms with E-state index < -0.39 is 5.97 Å². The second-order valence-electron chi connectivity index (χ2n) is 6.38. The number of benzene rings is 2. The van der Waals surface area contributed by atoms with Gasteiger partial charge in [0.05, 0.1) is 25.8 Å². The molecule has 0 aliphatic rings. The fraction of sp³-hybridized carbons (Fsp3) is 0.217. The van der Waals surface area contributed by atoms with Crippen molar-refractivity contribution in [3.8, 4) is 11.5 Å². The SMILES string of the molecule is CCOC(=O)/C(=C/c1cc(Cl)c(OC)c(OC)c1)c1nccn1Cc1ccccc1. The first-order valence-electron chi connectivity index (χ1n) is 9.43. The van der Waals surface area contributed by atoms with Crippen molar-refractivity contribution in [2.75, 3.05) is 20.8 Å². The number of rotatable bonds is 8. The number of esters is 1. The van der Waals surface area contributed by atoms with Crippen LogP contribution in [0.1, 0.15) is 23.9 Å². The van der Waals surface area contributed by atoms with Crippen LogP contribution >= 0.6 is 11.6 Å². The average Bonchev–Trinajstić information content (AvgIpc) is 3.20. The summed E-state index contributed by atoms with van der Waals surface area (Å²) in [6.45, 7) is 2.58. The predicted molar refractivity (Wildman–Crippen MR) is 117 cm³/mol. The lowest BCUT2D eigenvalue weighted by Crippen LogP contribution is -2.12. The van der Waals surface area contributed by atoms with E-state index in [1.54, 1.807) is 31.3 Å². The van der Waals surface area contributed by atoms with Crippen LogP contribution in [-0.2, 0) is 16.1 Å². The van der Waals surface area contributed by atoms with Crippen molar-refractivity contribution >= 4 is 29.2 Å². The van der Waals surface area contributed by atoms with Crippen LogP contribution in [-0.4, -0.2) is 36.3 Å². The molecule has 6 nitrogen and oxygen atoms in total. The molecule has 0 radical (unpaired) electrons. The van der Waals surface area contributed by atoms with Crippen LogP contribution in [0.2, 0.25) is 5.02 Å². The molecule has 0 aliphatic carbocycles. The van der Waals surface area contributed by atoms with Gasteiger partial charge in [-0.15, -0.1) is 0 Å². The smallest absolute Gasteiger partial charge is 0.341 e. The third kappa shape index (κ3) is 4.83. The number of aromatic nitrogens is 2. The summed E-state index contributed by atoms with van der Waals surface area (Å²) < 4.78 is 17.8. The molecule has 0 N–H and O–H groups in total. The zero-order chi connectivity index (χ0) is 21.5. The normalized spacial score (nSPS) is 11.3. The molecule has 156 valence electrons. The Hall–Kier alpha value is -3.25. The first-order chi connectivity index (χ1) is 14.6. The van der Waals surface area contributed by atoms with Crippen LogP contribution in [0.3, 0.4) is 0 Å². The molecular weight excluding hydrogens is 404 g/mol. The Balaban J connectivity index is 2.07. The minimum Gasteiger partial charge on any atom is -0.493 e. The fourth-order valence-electron chi connectivity index (χ4n) is 3.07. The number of carbonyl (C=O) groups is 1. The van der Waals surface area contributed by atoms with Gasteiger partial charge in [-0.1, -0.05) is 41.9 Å². The second-order valence-corrected chi connectivity index (χ2v) is 6.79. The highest BCUT2D eigenvalue weighted by molar-refractivity contribution is 6.32. The molecule has 0 saturated heterocycles. The highest BCUT2D eigenvalue weighted by Gasteiger charge is 2.20. The average molecular weight is 427 g/mol. The molecule has 1 heterocycles. The molecule has 0 fully saturated rings. The maximum absolute atomic E-state index is 12.8. The number of nitrogens with zero attached hydrogens (tertiary/aromatic N) is 2. The first kappa shape index (κ1) is 21.5. The molecule has 0 atom stereocenters. The molecule has 0 aliphatic heterocycles. The van der Waals surface area contributed by atoms with E-state index in [-0.39, 0.29) is 6.61 Å². The number of methoxy groups -OCH3 is 2. The predicted octanol–water partition coefficient (Wildman–Crippen LogP) is 4.71. The van der Waals surface area contributed by atoms with Gasteiger partial charge in [0.1, 0.15) is 11.4 Å². The maximum Gasteiger partial charge on any atom is 0.341 e. The molecule has 0 bridgehead atoms. The lowest BCUT2D eigenvalue weighted by molar-refractivity contribution is -0.136.